The molecule has 9 heteroatoms. The third-order valence-corrected chi connectivity index (χ3v) is 6.51. The Hall–Kier alpha value is -2.26. The summed E-state index contributed by atoms with van der Waals surface area (Å²) in [5.74, 6) is -1.21. The minimum absolute atomic E-state index is 0.0291. The zero-order valence-corrected chi connectivity index (χ0v) is 18.6. The molecule has 0 aliphatic carbocycles. The van der Waals surface area contributed by atoms with Crippen LogP contribution in [0.15, 0.2) is 82.2 Å². The van der Waals surface area contributed by atoms with Crippen LogP contribution in [-0.2, 0) is 21.2 Å². The highest BCUT2D eigenvalue weighted by Crippen LogP contribution is 2.20. The van der Waals surface area contributed by atoms with Crippen LogP contribution in [0.4, 0.5) is 10.1 Å². The summed E-state index contributed by atoms with van der Waals surface area (Å²) in [6, 6.07) is 17.7. The van der Waals surface area contributed by atoms with Crippen LogP contribution in [0.3, 0.4) is 0 Å². The molecule has 1 atom stereocenters. The van der Waals surface area contributed by atoms with Crippen LogP contribution < -0.4 is 10.0 Å². The van der Waals surface area contributed by atoms with Crippen molar-refractivity contribution in [2.75, 3.05) is 5.32 Å². The molecule has 1 amide bonds. The summed E-state index contributed by atoms with van der Waals surface area (Å²) in [5.41, 5.74) is 1.03. The van der Waals surface area contributed by atoms with E-state index in [-0.39, 0.29) is 22.0 Å². The maximum atomic E-state index is 13.4. The van der Waals surface area contributed by atoms with E-state index >= 15 is 0 Å². The van der Waals surface area contributed by atoms with Gasteiger partial charge in [0.1, 0.15) is 11.9 Å². The fourth-order valence-corrected chi connectivity index (χ4v) is 4.35. The van der Waals surface area contributed by atoms with Crippen LogP contribution in [0.2, 0.25) is 5.02 Å². The molecule has 5 nitrogen and oxygen atoms in total. The number of anilines is 1. The number of carbonyl (C=O) groups is 1. The Morgan fingerprint density at radius 3 is 2.33 bits per heavy atom. The largest absolute Gasteiger partial charge is 0.325 e. The number of sulfonamides is 1. The molecule has 2 N–H and O–H groups in total. The van der Waals surface area contributed by atoms with Gasteiger partial charge in [-0.25, -0.2) is 12.8 Å². The normalized spacial score (nSPS) is 12.4. The standard InChI is InChI=1S/C21H17BrClFN2O3S/c22-15-6-9-17(10-7-15)30(28,29)26-20(12-14-4-2-1-3-5-14)21(27)25-16-8-11-19(24)18(23)13-16/h1-11,13,20,26H,12H2,(H,25,27)/t20-/m1/s1. The Kier molecular flexibility index (Phi) is 7.25. The second-order valence-corrected chi connectivity index (χ2v) is 9.47. The molecule has 0 saturated heterocycles. The van der Waals surface area contributed by atoms with Gasteiger partial charge in [0.15, 0.2) is 0 Å². The molecule has 0 unspecified atom stereocenters. The molecule has 0 heterocycles. The van der Waals surface area contributed by atoms with E-state index in [2.05, 4.69) is 26.0 Å². The minimum Gasteiger partial charge on any atom is -0.325 e. The molecule has 0 saturated carbocycles. The first-order chi connectivity index (χ1) is 14.2. The molecule has 0 radical (unpaired) electrons. The molecular formula is C21H17BrClFN2O3S. The van der Waals surface area contributed by atoms with E-state index in [1.165, 1.54) is 24.3 Å². The maximum Gasteiger partial charge on any atom is 0.242 e. The number of hydrogen-bond acceptors (Lipinski definition) is 3. The van der Waals surface area contributed by atoms with Crippen molar-refractivity contribution in [2.45, 2.75) is 17.4 Å². The van der Waals surface area contributed by atoms with Gasteiger partial charge in [0, 0.05) is 10.2 Å². The van der Waals surface area contributed by atoms with Gasteiger partial charge in [-0.05, 0) is 54.4 Å². The van der Waals surface area contributed by atoms with Crippen LogP contribution in [0.5, 0.6) is 0 Å². The molecule has 3 aromatic rings. The maximum absolute atomic E-state index is 13.4. The third kappa shape index (κ3) is 5.89. The van der Waals surface area contributed by atoms with Crippen molar-refractivity contribution >= 4 is 49.1 Å². The van der Waals surface area contributed by atoms with Crippen LogP contribution in [0.1, 0.15) is 5.56 Å². The Morgan fingerprint density at radius 1 is 1.03 bits per heavy atom. The Morgan fingerprint density at radius 2 is 1.70 bits per heavy atom. The van der Waals surface area contributed by atoms with Gasteiger partial charge >= 0.3 is 0 Å². The van der Waals surface area contributed by atoms with Gasteiger partial charge in [0.2, 0.25) is 15.9 Å². The van der Waals surface area contributed by atoms with E-state index < -0.39 is 27.8 Å². The highest BCUT2D eigenvalue weighted by Gasteiger charge is 2.26. The lowest BCUT2D eigenvalue weighted by Crippen LogP contribution is -2.45. The van der Waals surface area contributed by atoms with Crippen LogP contribution in [0.25, 0.3) is 0 Å². The van der Waals surface area contributed by atoms with Crippen molar-refractivity contribution < 1.29 is 17.6 Å². The first-order valence-corrected chi connectivity index (χ1v) is 11.5. The first kappa shape index (κ1) is 22.4. The monoisotopic (exact) mass is 510 g/mol. The van der Waals surface area contributed by atoms with Crippen molar-refractivity contribution in [1.29, 1.82) is 0 Å². The van der Waals surface area contributed by atoms with E-state index in [1.807, 2.05) is 6.07 Å². The summed E-state index contributed by atoms with van der Waals surface area (Å²) in [6.45, 7) is 0. The van der Waals surface area contributed by atoms with Crippen molar-refractivity contribution in [3.63, 3.8) is 0 Å². The molecular weight excluding hydrogens is 495 g/mol. The molecule has 0 aromatic heterocycles. The fraction of sp³-hybridized carbons (Fsp3) is 0.0952. The summed E-state index contributed by atoms with van der Waals surface area (Å²) in [7, 11) is -3.97. The number of rotatable bonds is 7. The lowest BCUT2D eigenvalue weighted by Gasteiger charge is -2.19. The van der Waals surface area contributed by atoms with E-state index in [0.29, 0.717) is 0 Å². The number of amides is 1. The lowest BCUT2D eigenvalue weighted by atomic mass is 10.1. The average molecular weight is 512 g/mol. The molecule has 3 aromatic carbocycles. The zero-order chi connectivity index (χ0) is 21.7. The number of halogens is 3. The first-order valence-electron chi connectivity index (χ1n) is 8.82. The van der Waals surface area contributed by atoms with Gasteiger partial charge in [0.25, 0.3) is 0 Å². The quantitative estimate of drug-likeness (QED) is 0.480. The highest BCUT2D eigenvalue weighted by molar-refractivity contribution is 9.10. The minimum atomic E-state index is -3.97. The van der Waals surface area contributed by atoms with E-state index in [9.17, 15) is 17.6 Å². The van der Waals surface area contributed by atoms with Gasteiger partial charge in [-0.3, -0.25) is 4.79 Å². The molecule has 0 aliphatic heterocycles. The van der Waals surface area contributed by atoms with Crippen LogP contribution in [0, 0.1) is 5.82 Å². The summed E-state index contributed by atoms with van der Waals surface area (Å²) >= 11 is 9.03. The average Bonchev–Trinajstić information content (AvgIpc) is 2.71. The van der Waals surface area contributed by atoms with E-state index in [1.54, 1.807) is 36.4 Å². The SMILES string of the molecule is O=C(Nc1ccc(F)c(Cl)c1)[C@@H](Cc1ccccc1)NS(=O)(=O)c1ccc(Br)cc1. The number of hydrogen-bond donors (Lipinski definition) is 2. The van der Waals surface area contributed by atoms with Crippen molar-refractivity contribution in [1.82, 2.24) is 4.72 Å². The van der Waals surface area contributed by atoms with Crippen molar-refractivity contribution in [2.24, 2.45) is 0 Å². The Bertz CT molecular complexity index is 1140. The Labute approximate surface area is 187 Å². The Balaban J connectivity index is 1.86. The van der Waals surface area contributed by atoms with Gasteiger partial charge < -0.3 is 5.32 Å². The number of carbonyl (C=O) groups excluding carboxylic acids is 1. The molecule has 0 aliphatic rings. The molecule has 156 valence electrons. The summed E-state index contributed by atoms with van der Waals surface area (Å²) in [6.07, 6.45) is 0.122. The lowest BCUT2D eigenvalue weighted by molar-refractivity contribution is -0.117. The zero-order valence-electron chi connectivity index (χ0n) is 15.5. The summed E-state index contributed by atoms with van der Waals surface area (Å²) in [4.78, 5) is 12.9. The van der Waals surface area contributed by atoms with Gasteiger partial charge in [-0.1, -0.05) is 57.9 Å². The summed E-state index contributed by atoms with van der Waals surface area (Å²) < 4.78 is 42.2. The molecule has 30 heavy (non-hydrogen) atoms. The molecule has 0 fully saturated rings. The van der Waals surface area contributed by atoms with Gasteiger partial charge in [0.05, 0.1) is 9.92 Å². The van der Waals surface area contributed by atoms with Crippen LogP contribution in [-0.4, -0.2) is 20.4 Å². The second kappa shape index (κ2) is 9.70. The topological polar surface area (TPSA) is 75.3 Å². The van der Waals surface area contributed by atoms with E-state index in [0.717, 1.165) is 16.1 Å². The van der Waals surface area contributed by atoms with Crippen molar-refractivity contribution in [3.05, 3.63) is 93.7 Å². The number of nitrogens with one attached hydrogen (secondary N) is 2. The van der Waals surface area contributed by atoms with Gasteiger partial charge in [-0.2, -0.15) is 4.72 Å². The van der Waals surface area contributed by atoms with Crippen LogP contribution >= 0.6 is 27.5 Å². The summed E-state index contributed by atoms with van der Waals surface area (Å²) in [5, 5.41) is 2.44. The fourth-order valence-electron chi connectivity index (χ4n) is 2.71. The predicted octanol–water partition coefficient (Wildman–Crippen LogP) is 4.77. The second-order valence-electron chi connectivity index (χ2n) is 6.44. The molecule has 3 rings (SSSR count). The predicted molar refractivity (Wildman–Crippen MR) is 118 cm³/mol. The number of benzene rings is 3. The molecule has 0 spiro atoms. The third-order valence-electron chi connectivity index (χ3n) is 4.21. The molecule has 0 bridgehead atoms. The van der Waals surface area contributed by atoms with Crippen molar-refractivity contribution in [3.8, 4) is 0 Å². The van der Waals surface area contributed by atoms with E-state index in [4.69, 9.17) is 11.6 Å². The smallest absolute Gasteiger partial charge is 0.242 e. The van der Waals surface area contributed by atoms with Gasteiger partial charge in [-0.15, -0.1) is 0 Å². The highest BCUT2D eigenvalue weighted by atomic mass is 79.9.